The van der Waals surface area contributed by atoms with Gasteiger partial charge in [-0.3, -0.25) is 14.4 Å². The van der Waals surface area contributed by atoms with E-state index in [4.69, 9.17) is 11.6 Å². The molecule has 2 unspecified atom stereocenters. The topological polar surface area (TPSA) is 69.7 Å². The fraction of sp³-hybridized carbons (Fsp3) is 0.812. The highest BCUT2D eigenvalue weighted by atomic mass is 35.5. The van der Waals surface area contributed by atoms with Gasteiger partial charge in [-0.2, -0.15) is 0 Å². The standard InChI is InChI=1S/C16H26ClN3O3/c1-10(2)20-9-12(8-14(20)21)15(22)18-13-4-6-19(7-5-13)16(23)11(3)17/h10-13H,4-9H2,1-3H3,(H,18,22). The zero-order valence-electron chi connectivity index (χ0n) is 14.0. The van der Waals surface area contributed by atoms with Crippen LogP contribution in [0.5, 0.6) is 0 Å². The molecule has 0 aliphatic carbocycles. The van der Waals surface area contributed by atoms with Crippen molar-refractivity contribution >= 4 is 29.3 Å². The number of alkyl halides is 1. The van der Waals surface area contributed by atoms with Crippen LogP contribution in [-0.2, 0) is 14.4 Å². The van der Waals surface area contributed by atoms with Crippen molar-refractivity contribution in [3.05, 3.63) is 0 Å². The summed E-state index contributed by atoms with van der Waals surface area (Å²) in [7, 11) is 0. The molecule has 0 aromatic heterocycles. The van der Waals surface area contributed by atoms with E-state index in [2.05, 4.69) is 5.32 Å². The van der Waals surface area contributed by atoms with Crippen molar-refractivity contribution in [1.29, 1.82) is 0 Å². The monoisotopic (exact) mass is 343 g/mol. The van der Waals surface area contributed by atoms with Gasteiger partial charge in [-0.15, -0.1) is 11.6 Å². The summed E-state index contributed by atoms with van der Waals surface area (Å²) >= 11 is 5.82. The lowest BCUT2D eigenvalue weighted by Crippen LogP contribution is -2.49. The Bertz CT molecular complexity index is 473. The van der Waals surface area contributed by atoms with Gasteiger partial charge in [-0.25, -0.2) is 0 Å². The van der Waals surface area contributed by atoms with Crippen LogP contribution in [0.2, 0.25) is 0 Å². The SMILES string of the molecule is CC(Cl)C(=O)N1CCC(NC(=O)C2CC(=O)N(C(C)C)C2)CC1. The number of carbonyl (C=O) groups excluding carboxylic acids is 3. The van der Waals surface area contributed by atoms with Gasteiger partial charge in [0.1, 0.15) is 5.38 Å². The van der Waals surface area contributed by atoms with Gasteiger partial charge in [0, 0.05) is 38.1 Å². The number of halogens is 1. The zero-order chi connectivity index (χ0) is 17.1. The molecule has 2 rings (SSSR count). The van der Waals surface area contributed by atoms with Crippen molar-refractivity contribution < 1.29 is 14.4 Å². The number of amides is 3. The molecule has 2 aliphatic heterocycles. The summed E-state index contributed by atoms with van der Waals surface area (Å²) in [4.78, 5) is 39.6. The van der Waals surface area contributed by atoms with Crippen LogP contribution >= 0.6 is 11.6 Å². The highest BCUT2D eigenvalue weighted by Crippen LogP contribution is 2.21. The highest BCUT2D eigenvalue weighted by Gasteiger charge is 2.36. The lowest BCUT2D eigenvalue weighted by atomic mass is 10.0. The number of rotatable bonds is 4. The van der Waals surface area contributed by atoms with Gasteiger partial charge in [0.15, 0.2) is 0 Å². The quantitative estimate of drug-likeness (QED) is 0.773. The first-order chi connectivity index (χ1) is 10.8. The van der Waals surface area contributed by atoms with Crippen LogP contribution in [-0.4, -0.2) is 64.6 Å². The van der Waals surface area contributed by atoms with Crippen LogP contribution in [0.1, 0.15) is 40.0 Å². The zero-order valence-corrected chi connectivity index (χ0v) is 14.8. The van der Waals surface area contributed by atoms with Crippen LogP contribution in [0.4, 0.5) is 0 Å². The van der Waals surface area contributed by atoms with E-state index in [1.54, 1.807) is 16.7 Å². The number of likely N-dealkylation sites (tertiary alicyclic amines) is 2. The van der Waals surface area contributed by atoms with Crippen molar-refractivity contribution in [2.45, 2.75) is 57.5 Å². The van der Waals surface area contributed by atoms with Crippen LogP contribution < -0.4 is 5.32 Å². The van der Waals surface area contributed by atoms with Crippen molar-refractivity contribution in [3.8, 4) is 0 Å². The van der Waals surface area contributed by atoms with Gasteiger partial charge in [-0.05, 0) is 33.6 Å². The van der Waals surface area contributed by atoms with Crippen LogP contribution in [0.25, 0.3) is 0 Å². The number of nitrogens with zero attached hydrogens (tertiary/aromatic N) is 2. The van der Waals surface area contributed by atoms with E-state index in [0.29, 0.717) is 26.1 Å². The Morgan fingerprint density at radius 1 is 1.22 bits per heavy atom. The molecule has 0 bridgehead atoms. The molecule has 23 heavy (non-hydrogen) atoms. The summed E-state index contributed by atoms with van der Waals surface area (Å²) in [6, 6.07) is 0.201. The second kappa shape index (κ2) is 7.51. The maximum Gasteiger partial charge on any atom is 0.240 e. The molecule has 0 aromatic rings. The van der Waals surface area contributed by atoms with E-state index < -0.39 is 5.38 Å². The van der Waals surface area contributed by atoms with Gasteiger partial charge < -0.3 is 15.1 Å². The Kier molecular flexibility index (Phi) is 5.89. The van der Waals surface area contributed by atoms with E-state index in [1.807, 2.05) is 13.8 Å². The number of carbonyl (C=O) groups is 3. The minimum absolute atomic E-state index is 0.0445. The first-order valence-corrected chi connectivity index (χ1v) is 8.76. The molecule has 0 saturated carbocycles. The van der Waals surface area contributed by atoms with E-state index in [1.165, 1.54) is 0 Å². The van der Waals surface area contributed by atoms with E-state index in [9.17, 15) is 14.4 Å². The molecule has 2 atom stereocenters. The third kappa shape index (κ3) is 4.37. The van der Waals surface area contributed by atoms with Crippen molar-refractivity contribution in [1.82, 2.24) is 15.1 Å². The Hall–Kier alpha value is -1.30. The minimum atomic E-state index is -0.507. The second-order valence-electron chi connectivity index (χ2n) is 6.77. The molecule has 3 amide bonds. The summed E-state index contributed by atoms with van der Waals surface area (Å²) in [5, 5.41) is 2.53. The molecule has 0 aromatic carbocycles. The Balaban J connectivity index is 1.80. The van der Waals surface area contributed by atoms with Gasteiger partial charge in [0.2, 0.25) is 17.7 Å². The smallest absolute Gasteiger partial charge is 0.240 e. The van der Waals surface area contributed by atoms with E-state index in [0.717, 1.165) is 12.8 Å². The lowest BCUT2D eigenvalue weighted by molar-refractivity contribution is -0.132. The number of piperidine rings is 1. The molecule has 2 saturated heterocycles. The van der Waals surface area contributed by atoms with Crippen LogP contribution in [0.15, 0.2) is 0 Å². The minimum Gasteiger partial charge on any atom is -0.353 e. The Morgan fingerprint density at radius 2 is 1.83 bits per heavy atom. The molecule has 130 valence electrons. The molecule has 0 spiro atoms. The lowest BCUT2D eigenvalue weighted by Gasteiger charge is -2.33. The summed E-state index contributed by atoms with van der Waals surface area (Å²) in [6.07, 6.45) is 1.76. The van der Waals surface area contributed by atoms with Crippen molar-refractivity contribution in [2.24, 2.45) is 5.92 Å². The predicted molar refractivity (Wildman–Crippen MR) is 88.0 cm³/mol. The predicted octanol–water partition coefficient (Wildman–Crippen LogP) is 0.978. The van der Waals surface area contributed by atoms with Crippen LogP contribution in [0.3, 0.4) is 0 Å². The summed E-state index contributed by atoms with van der Waals surface area (Å²) < 4.78 is 0. The Morgan fingerprint density at radius 3 is 2.30 bits per heavy atom. The summed E-state index contributed by atoms with van der Waals surface area (Å²) in [6.45, 7) is 7.33. The largest absolute Gasteiger partial charge is 0.353 e. The molecule has 2 aliphatic rings. The number of hydrogen-bond donors (Lipinski definition) is 1. The molecule has 6 nitrogen and oxygen atoms in total. The fourth-order valence-electron chi connectivity index (χ4n) is 3.22. The van der Waals surface area contributed by atoms with E-state index >= 15 is 0 Å². The van der Waals surface area contributed by atoms with Crippen LogP contribution in [0, 0.1) is 5.92 Å². The first kappa shape index (κ1) is 18.0. The number of nitrogens with one attached hydrogen (secondary N) is 1. The van der Waals surface area contributed by atoms with Gasteiger partial charge >= 0.3 is 0 Å². The van der Waals surface area contributed by atoms with Gasteiger partial charge in [0.05, 0.1) is 5.92 Å². The molecule has 0 radical (unpaired) electrons. The third-order valence-electron chi connectivity index (χ3n) is 4.65. The Labute approximate surface area is 142 Å². The molecular weight excluding hydrogens is 318 g/mol. The molecule has 2 fully saturated rings. The van der Waals surface area contributed by atoms with Crippen molar-refractivity contribution in [3.63, 3.8) is 0 Å². The van der Waals surface area contributed by atoms with E-state index in [-0.39, 0.29) is 35.7 Å². The maximum atomic E-state index is 12.4. The van der Waals surface area contributed by atoms with Crippen molar-refractivity contribution in [2.75, 3.05) is 19.6 Å². The second-order valence-corrected chi connectivity index (χ2v) is 7.42. The molecule has 1 N–H and O–H groups in total. The summed E-state index contributed by atoms with van der Waals surface area (Å²) in [5.74, 6) is -0.300. The molecule has 7 heteroatoms. The first-order valence-electron chi connectivity index (χ1n) is 8.32. The molecular formula is C16H26ClN3O3. The fourth-order valence-corrected chi connectivity index (χ4v) is 3.36. The number of hydrogen-bond acceptors (Lipinski definition) is 3. The normalized spacial score (nSPS) is 24.2. The average Bonchev–Trinajstić information content (AvgIpc) is 2.89. The maximum absolute atomic E-state index is 12.4. The third-order valence-corrected chi connectivity index (χ3v) is 4.83. The van der Waals surface area contributed by atoms with Gasteiger partial charge in [0.25, 0.3) is 0 Å². The highest BCUT2D eigenvalue weighted by molar-refractivity contribution is 6.30. The summed E-state index contributed by atoms with van der Waals surface area (Å²) in [5.41, 5.74) is 0. The van der Waals surface area contributed by atoms with Gasteiger partial charge in [-0.1, -0.05) is 0 Å². The molecule has 2 heterocycles. The average molecular weight is 344 g/mol.